The van der Waals surface area contributed by atoms with E-state index in [4.69, 9.17) is 4.74 Å². The van der Waals surface area contributed by atoms with Gasteiger partial charge in [0.25, 0.3) is 0 Å². The molecule has 1 aromatic heterocycles. The van der Waals surface area contributed by atoms with Gasteiger partial charge in [0.05, 0.1) is 12.3 Å². The van der Waals surface area contributed by atoms with E-state index < -0.39 is 5.97 Å². The molecule has 0 radical (unpaired) electrons. The monoisotopic (exact) mass is 292 g/mol. The SMILES string of the molecule is CCC1CCCC(Oc2cnc(C(C)C)nc2C(=O)O)C1. The first-order valence-corrected chi connectivity index (χ1v) is 7.78. The van der Waals surface area contributed by atoms with Gasteiger partial charge in [0.2, 0.25) is 0 Å². The van der Waals surface area contributed by atoms with E-state index >= 15 is 0 Å². The van der Waals surface area contributed by atoms with Gasteiger partial charge in [-0.25, -0.2) is 14.8 Å². The first kappa shape index (κ1) is 15.7. The highest BCUT2D eigenvalue weighted by Crippen LogP contribution is 2.30. The Morgan fingerprint density at radius 1 is 1.48 bits per heavy atom. The molecule has 5 nitrogen and oxygen atoms in total. The maximum Gasteiger partial charge on any atom is 0.358 e. The van der Waals surface area contributed by atoms with E-state index in [0.717, 1.165) is 25.7 Å². The predicted molar refractivity (Wildman–Crippen MR) is 79.7 cm³/mol. The second kappa shape index (κ2) is 6.87. The topological polar surface area (TPSA) is 72.3 Å². The van der Waals surface area contributed by atoms with Gasteiger partial charge in [-0.3, -0.25) is 0 Å². The summed E-state index contributed by atoms with van der Waals surface area (Å²) in [4.78, 5) is 19.8. The summed E-state index contributed by atoms with van der Waals surface area (Å²) < 4.78 is 5.91. The van der Waals surface area contributed by atoms with Crippen molar-refractivity contribution in [2.45, 2.75) is 64.9 Å². The Balaban J connectivity index is 2.17. The van der Waals surface area contributed by atoms with Crippen LogP contribution in [0.5, 0.6) is 5.75 Å². The minimum Gasteiger partial charge on any atom is -0.486 e. The summed E-state index contributed by atoms with van der Waals surface area (Å²) in [6, 6.07) is 0. The van der Waals surface area contributed by atoms with Crippen molar-refractivity contribution in [2.75, 3.05) is 0 Å². The number of aromatic nitrogens is 2. The van der Waals surface area contributed by atoms with Gasteiger partial charge in [-0.1, -0.05) is 33.6 Å². The Hall–Kier alpha value is -1.65. The van der Waals surface area contributed by atoms with Crippen LogP contribution in [0.2, 0.25) is 0 Å². The lowest BCUT2D eigenvalue weighted by molar-refractivity contribution is 0.0673. The summed E-state index contributed by atoms with van der Waals surface area (Å²) in [5, 5.41) is 9.33. The zero-order valence-corrected chi connectivity index (χ0v) is 13.0. The van der Waals surface area contributed by atoms with Gasteiger partial charge in [-0.15, -0.1) is 0 Å². The van der Waals surface area contributed by atoms with Gasteiger partial charge in [-0.05, 0) is 25.2 Å². The Kier molecular flexibility index (Phi) is 5.15. The lowest BCUT2D eigenvalue weighted by Gasteiger charge is -2.29. The van der Waals surface area contributed by atoms with Gasteiger partial charge in [-0.2, -0.15) is 0 Å². The fourth-order valence-corrected chi connectivity index (χ4v) is 2.80. The Bertz CT molecular complexity index is 502. The molecule has 116 valence electrons. The highest BCUT2D eigenvalue weighted by Gasteiger charge is 2.25. The normalized spacial score (nSPS) is 22.3. The van der Waals surface area contributed by atoms with E-state index in [1.54, 1.807) is 0 Å². The number of nitrogens with zero attached hydrogens (tertiary/aromatic N) is 2. The average Bonchev–Trinajstić information content (AvgIpc) is 2.47. The van der Waals surface area contributed by atoms with E-state index in [2.05, 4.69) is 16.9 Å². The highest BCUT2D eigenvalue weighted by molar-refractivity contribution is 5.88. The summed E-state index contributed by atoms with van der Waals surface area (Å²) in [6.07, 6.45) is 7.08. The predicted octanol–water partition coefficient (Wildman–Crippen LogP) is 3.65. The quantitative estimate of drug-likeness (QED) is 0.896. The molecule has 0 spiro atoms. The summed E-state index contributed by atoms with van der Waals surface area (Å²) in [7, 11) is 0. The molecule has 1 fully saturated rings. The highest BCUT2D eigenvalue weighted by atomic mass is 16.5. The number of carboxylic acids is 1. The van der Waals surface area contributed by atoms with Crippen molar-refractivity contribution in [3.63, 3.8) is 0 Å². The molecule has 0 bridgehead atoms. The average molecular weight is 292 g/mol. The molecule has 0 aliphatic heterocycles. The number of ether oxygens (including phenoxy) is 1. The molecule has 0 aromatic carbocycles. The smallest absolute Gasteiger partial charge is 0.358 e. The second-order valence-corrected chi connectivity index (χ2v) is 6.08. The summed E-state index contributed by atoms with van der Waals surface area (Å²) >= 11 is 0. The van der Waals surface area contributed by atoms with Crippen LogP contribution in [-0.2, 0) is 0 Å². The van der Waals surface area contributed by atoms with Gasteiger partial charge in [0, 0.05) is 5.92 Å². The van der Waals surface area contributed by atoms with Crippen LogP contribution in [0, 0.1) is 5.92 Å². The van der Waals surface area contributed by atoms with Crippen molar-refractivity contribution in [1.29, 1.82) is 0 Å². The maximum absolute atomic E-state index is 11.4. The summed E-state index contributed by atoms with van der Waals surface area (Å²) in [5.74, 6) is 0.546. The number of aromatic carboxylic acids is 1. The largest absolute Gasteiger partial charge is 0.486 e. The number of rotatable bonds is 5. The number of carboxylic acid groups (broad SMARTS) is 1. The summed E-state index contributed by atoms with van der Waals surface area (Å²) in [5.41, 5.74) is -0.0210. The fraction of sp³-hybridized carbons (Fsp3) is 0.688. The third kappa shape index (κ3) is 3.93. The van der Waals surface area contributed by atoms with Crippen LogP contribution in [0.4, 0.5) is 0 Å². The molecule has 1 heterocycles. The van der Waals surface area contributed by atoms with Crippen LogP contribution in [-0.4, -0.2) is 27.1 Å². The molecule has 21 heavy (non-hydrogen) atoms. The van der Waals surface area contributed by atoms with E-state index in [-0.39, 0.29) is 17.7 Å². The molecule has 1 saturated carbocycles. The Morgan fingerprint density at radius 2 is 2.24 bits per heavy atom. The molecular formula is C16H24N2O3. The molecule has 5 heteroatoms. The molecule has 1 N–H and O–H groups in total. The van der Waals surface area contributed by atoms with Gasteiger partial charge in [0.1, 0.15) is 5.82 Å². The standard InChI is InChI=1S/C16H24N2O3/c1-4-11-6-5-7-12(8-11)21-13-9-17-15(10(2)3)18-14(13)16(19)20/h9-12H,4-8H2,1-3H3,(H,19,20). The van der Waals surface area contributed by atoms with Crippen LogP contribution < -0.4 is 4.74 Å². The Labute approximate surface area is 125 Å². The number of hydrogen-bond donors (Lipinski definition) is 1. The van der Waals surface area contributed by atoms with E-state index in [9.17, 15) is 9.90 Å². The number of hydrogen-bond acceptors (Lipinski definition) is 4. The third-order valence-electron chi connectivity index (χ3n) is 4.10. The van der Waals surface area contributed by atoms with Crippen molar-refractivity contribution in [2.24, 2.45) is 5.92 Å². The minimum atomic E-state index is -1.06. The molecule has 2 unspecified atom stereocenters. The number of carbonyl (C=O) groups is 1. The lowest BCUT2D eigenvalue weighted by Crippen LogP contribution is -2.26. The molecule has 1 aliphatic carbocycles. The lowest BCUT2D eigenvalue weighted by atomic mass is 9.85. The van der Waals surface area contributed by atoms with Crippen molar-refractivity contribution < 1.29 is 14.6 Å². The molecule has 2 rings (SSSR count). The van der Waals surface area contributed by atoms with Crippen molar-refractivity contribution in [3.05, 3.63) is 17.7 Å². The Morgan fingerprint density at radius 3 is 2.86 bits per heavy atom. The molecule has 2 atom stereocenters. The van der Waals surface area contributed by atoms with Gasteiger partial charge in [0.15, 0.2) is 11.4 Å². The first-order chi connectivity index (χ1) is 10.0. The molecule has 0 amide bonds. The zero-order chi connectivity index (χ0) is 15.4. The van der Waals surface area contributed by atoms with E-state index in [1.165, 1.54) is 12.6 Å². The van der Waals surface area contributed by atoms with Gasteiger partial charge >= 0.3 is 5.97 Å². The molecule has 0 saturated heterocycles. The van der Waals surface area contributed by atoms with Crippen molar-refractivity contribution >= 4 is 5.97 Å². The maximum atomic E-state index is 11.4. The summed E-state index contributed by atoms with van der Waals surface area (Å²) in [6.45, 7) is 6.07. The molecule has 1 aromatic rings. The van der Waals surface area contributed by atoms with Gasteiger partial charge < -0.3 is 9.84 Å². The first-order valence-electron chi connectivity index (χ1n) is 7.78. The third-order valence-corrected chi connectivity index (χ3v) is 4.10. The van der Waals surface area contributed by atoms with Crippen LogP contribution in [0.3, 0.4) is 0 Å². The van der Waals surface area contributed by atoms with E-state index in [0.29, 0.717) is 17.5 Å². The van der Waals surface area contributed by atoms with E-state index in [1.807, 2.05) is 13.8 Å². The minimum absolute atomic E-state index is 0.0210. The van der Waals surface area contributed by atoms with Crippen LogP contribution in [0.25, 0.3) is 0 Å². The molecular weight excluding hydrogens is 268 g/mol. The zero-order valence-electron chi connectivity index (χ0n) is 13.0. The van der Waals surface area contributed by atoms with Crippen LogP contribution in [0.15, 0.2) is 6.20 Å². The van der Waals surface area contributed by atoms with Crippen molar-refractivity contribution in [3.8, 4) is 5.75 Å². The van der Waals surface area contributed by atoms with Crippen molar-refractivity contribution in [1.82, 2.24) is 9.97 Å². The fourth-order valence-electron chi connectivity index (χ4n) is 2.80. The molecule has 1 aliphatic rings. The second-order valence-electron chi connectivity index (χ2n) is 6.08. The van der Waals surface area contributed by atoms with Crippen LogP contribution in [0.1, 0.15) is 75.1 Å². The van der Waals surface area contributed by atoms with Crippen LogP contribution >= 0.6 is 0 Å².